The first-order chi connectivity index (χ1) is 14.2. The summed E-state index contributed by atoms with van der Waals surface area (Å²) in [6.45, 7) is 0.666. The number of aromatic nitrogens is 3. The van der Waals surface area contributed by atoms with Gasteiger partial charge in [-0.3, -0.25) is 9.40 Å². The van der Waals surface area contributed by atoms with Gasteiger partial charge >= 0.3 is 0 Å². The van der Waals surface area contributed by atoms with E-state index in [1.165, 1.54) is 5.56 Å². The maximum atomic E-state index is 12.9. The van der Waals surface area contributed by atoms with E-state index >= 15 is 0 Å². The summed E-state index contributed by atoms with van der Waals surface area (Å²) in [6, 6.07) is 13.3. The topological polar surface area (TPSA) is 82.2 Å². The maximum absolute atomic E-state index is 12.9. The van der Waals surface area contributed by atoms with Gasteiger partial charge in [0, 0.05) is 12.4 Å². The summed E-state index contributed by atoms with van der Waals surface area (Å²) >= 11 is 0. The number of hydrogen-bond donors (Lipinski definition) is 1. The summed E-state index contributed by atoms with van der Waals surface area (Å²) in [7, 11) is 0.0390. The zero-order valence-corrected chi connectivity index (χ0v) is 16.7. The van der Waals surface area contributed by atoms with Gasteiger partial charge in [-0.1, -0.05) is 23.4 Å². The Morgan fingerprint density at radius 2 is 2.14 bits per heavy atom. The number of methoxy groups -OCH3 is 1. The monoisotopic (exact) mass is 408 g/mol. The van der Waals surface area contributed by atoms with E-state index in [1.54, 1.807) is 25.4 Å². The van der Waals surface area contributed by atoms with Gasteiger partial charge in [-0.2, -0.15) is 5.10 Å². The highest BCUT2D eigenvalue weighted by Crippen LogP contribution is 2.45. The van der Waals surface area contributed by atoms with Crippen LogP contribution in [0.3, 0.4) is 0 Å². The molecular weight excluding hydrogens is 388 g/mol. The number of ether oxygens (including phenoxy) is 1. The fraction of sp³-hybridized carbons (Fsp3) is 0.238. The molecule has 29 heavy (non-hydrogen) atoms. The van der Waals surface area contributed by atoms with E-state index in [-0.39, 0.29) is 0 Å². The Hall–Kier alpha value is -3.13. The van der Waals surface area contributed by atoms with Crippen molar-refractivity contribution in [2.45, 2.75) is 30.2 Å². The van der Waals surface area contributed by atoms with Crippen LogP contribution >= 0.6 is 0 Å². The molecule has 5 rings (SSSR count). The number of para-hydroxylation sites is 1. The zero-order chi connectivity index (χ0) is 19.8. The Labute approximate surface area is 170 Å². The second-order valence-corrected chi connectivity index (χ2v) is 8.27. The van der Waals surface area contributed by atoms with E-state index in [1.807, 2.05) is 35.1 Å². The largest absolute Gasteiger partial charge is 0.495 e. The SMILES string of the molecule is COc1ccccc1S(=O)Nc1noc2cc(Cn3cccn3)cc(C3CC3)c12. The zero-order valence-electron chi connectivity index (χ0n) is 15.9. The quantitative estimate of drug-likeness (QED) is 0.498. The maximum Gasteiger partial charge on any atom is 0.189 e. The molecule has 1 N–H and O–H groups in total. The lowest BCUT2D eigenvalue weighted by atomic mass is 10.0. The summed E-state index contributed by atoms with van der Waals surface area (Å²) in [5.41, 5.74) is 2.98. The van der Waals surface area contributed by atoms with Crippen LogP contribution in [0.2, 0.25) is 0 Å². The highest BCUT2D eigenvalue weighted by Gasteiger charge is 2.29. The molecule has 1 aliphatic carbocycles. The first-order valence-corrected chi connectivity index (χ1v) is 10.6. The van der Waals surface area contributed by atoms with Crippen molar-refractivity contribution in [3.05, 3.63) is 66.0 Å². The molecule has 1 atom stereocenters. The van der Waals surface area contributed by atoms with E-state index in [0.717, 1.165) is 23.8 Å². The summed E-state index contributed by atoms with van der Waals surface area (Å²) in [4.78, 5) is 0.564. The van der Waals surface area contributed by atoms with Crippen LogP contribution in [0.1, 0.15) is 29.9 Å². The Morgan fingerprint density at radius 1 is 1.28 bits per heavy atom. The second-order valence-electron chi connectivity index (χ2n) is 7.09. The van der Waals surface area contributed by atoms with Crippen molar-refractivity contribution in [2.24, 2.45) is 0 Å². The van der Waals surface area contributed by atoms with Gasteiger partial charge in [-0.25, -0.2) is 4.21 Å². The minimum absolute atomic E-state index is 0.481. The van der Waals surface area contributed by atoms with Crippen molar-refractivity contribution in [3.63, 3.8) is 0 Å². The third-order valence-corrected chi connectivity index (χ3v) is 6.16. The minimum Gasteiger partial charge on any atom is -0.495 e. The number of nitrogens with one attached hydrogen (secondary N) is 1. The van der Waals surface area contributed by atoms with Gasteiger partial charge < -0.3 is 9.26 Å². The molecule has 0 aliphatic heterocycles. The van der Waals surface area contributed by atoms with Crippen molar-refractivity contribution in [2.75, 3.05) is 11.8 Å². The molecule has 0 amide bonds. The third kappa shape index (κ3) is 3.51. The lowest BCUT2D eigenvalue weighted by Crippen LogP contribution is -2.07. The lowest BCUT2D eigenvalue weighted by molar-refractivity contribution is 0.404. The van der Waals surface area contributed by atoms with Gasteiger partial charge in [-0.05, 0) is 54.2 Å². The number of rotatable bonds is 7. The van der Waals surface area contributed by atoms with Crippen molar-refractivity contribution in [3.8, 4) is 5.75 Å². The molecule has 2 aromatic carbocycles. The fourth-order valence-corrected chi connectivity index (χ4v) is 4.50. The van der Waals surface area contributed by atoms with Crippen molar-refractivity contribution < 1.29 is 13.5 Å². The van der Waals surface area contributed by atoms with E-state index in [4.69, 9.17) is 9.26 Å². The minimum atomic E-state index is -1.52. The molecule has 1 saturated carbocycles. The van der Waals surface area contributed by atoms with Crippen LogP contribution in [0.25, 0.3) is 11.0 Å². The Morgan fingerprint density at radius 3 is 2.90 bits per heavy atom. The molecule has 0 saturated heterocycles. The number of anilines is 1. The first kappa shape index (κ1) is 17.9. The molecule has 2 aromatic heterocycles. The van der Waals surface area contributed by atoms with Gasteiger partial charge in [0.15, 0.2) is 22.4 Å². The highest BCUT2D eigenvalue weighted by molar-refractivity contribution is 7.86. The number of hydrogen-bond acceptors (Lipinski definition) is 5. The van der Waals surface area contributed by atoms with E-state index in [2.05, 4.69) is 21.0 Å². The van der Waals surface area contributed by atoms with Gasteiger partial charge in [0.05, 0.1) is 19.0 Å². The predicted octanol–water partition coefficient (Wildman–Crippen LogP) is 4.09. The number of fused-ring (bicyclic) bond motifs is 1. The van der Waals surface area contributed by atoms with Crippen LogP contribution in [-0.2, 0) is 17.5 Å². The Kier molecular flexibility index (Phi) is 4.55. The van der Waals surface area contributed by atoms with Crippen molar-refractivity contribution >= 4 is 27.8 Å². The van der Waals surface area contributed by atoms with Crippen LogP contribution in [0.5, 0.6) is 5.75 Å². The molecular formula is C21H20N4O3S. The van der Waals surface area contributed by atoms with Crippen molar-refractivity contribution in [1.82, 2.24) is 14.9 Å². The normalized spacial score (nSPS) is 14.8. The summed E-state index contributed by atoms with van der Waals surface area (Å²) < 4.78 is 28.8. The summed E-state index contributed by atoms with van der Waals surface area (Å²) in [5, 5.41) is 9.37. The summed E-state index contributed by atoms with van der Waals surface area (Å²) in [6.07, 6.45) is 5.98. The van der Waals surface area contributed by atoms with E-state index in [9.17, 15) is 4.21 Å². The average molecular weight is 408 g/mol. The number of nitrogens with zero attached hydrogens (tertiary/aromatic N) is 3. The molecule has 148 valence electrons. The Bertz CT molecular complexity index is 1180. The van der Waals surface area contributed by atoms with Crippen LogP contribution < -0.4 is 9.46 Å². The third-order valence-electron chi connectivity index (χ3n) is 5.04. The molecule has 0 spiro atoms. The van der Waals surface area contributed by atoms with E-state index < -0.39 is 11.0 Å². The van der Waals surface area contributed by atoms with Crippen LogP contribution in [0.15, 0.2) is 64.3 Å². The molecule has 7 nitrogen and oxygen atoms in total. The van der Waals surface area contributed by atoms with Crippen LogP contribution in [0.4, 0.5) is 5.82 Å². The van der Waals surface area contributed by atoms with Gasteiger partial charge in [0.2, 0.25) is 0 Å². The van der Waals surface area contributed by atoms with Gasteiger partial charge in [0.25, 0.3) is 0 Å². The molecule has 1 unspecified atom stereocenters. The fourth-order valence-electron chi connectivity index (χ4n) is 3.54. The average Bonchev–Trinajstić information content (AvgIpc) is 3.33. The molecule has 1 fully saturated rings. The molecule has 1 aliphatic rings. The first-order valence-electron chi connectivity index (χ1n) is 9.44. The van der Waals surface area contributed by atoms with Crippen LogP contribution in [-0.4, -0.2) is 26.3 Å². The highest BCUT2D eigenvalue weighted by atomic mass is 32.2. The van der Waals surface area contributed by atoms with Gasteiger partial charge in [-0.15, -0.1) is 0 Å². The molecule has 4 aromatic rings. The molecule has 0 radical (unpaired) electrons. The van der Waals surface area contributed by atoms with E-state index in [0.29, 0.717) is 34.5 Å². The molecule has 8 heteroatoms. The molecule has 2 heterocycles. The van der Waals surface area contributed by atoms with Crippen molar-refractivity contribution in [1.29, 1.82) is 0 Å². The summed E-state index contributed by atoms with van der Waals surface area (Å²) in [5.74, 6) is 1.54. The number of benzene rings is 2. The smallest absolute Gasteiger partial charge is 0.189 e. The molecule has 0 bridgehead atoms. The van der Waals surface area contributed by atoms with Gasteiger partial charge in [0.1, 0.15) is 10.6 Å². The standard InChI is InChI=1S/C21H20N4O3S/c1-27-17-5-2-3-6-19(17)29(26)24-21-20-16(15-7-8-15)11-14(12-18(20)28-23-21)13-25-10-4-9-22-25/h2-6,9-12,15H,7-8,13H2,1H3,(H,23,24). The second kappa shape index (κ2) is 7.36. The Balaban J connectivity index is 1.51. The van der Waals surface area contributed by atoms with Crippen LogP contribution in [0, 0.1) is 0 Å². The predicted molar refractivity (Wildman–Crippen MR) is 110 cm³/mol. The lowest BCUT2D eigenvalue weighted by Gasteiger charge is -2.10.